The molecular formula is C23H19ClF3N5O. The maximum absolute atomic E-state index is 13.7. The Morgan fingerprint density at radius 1 is 1.18 bits per heavy atom. The van der Waals surface area contributed by atoms with Crippen LogP contribution >= 0.6 is 11.6 Å². The number of carbonyl (C=O) groups is 1. The second-order valence-corrected chi connectivity index (χ2v) is 9.10. The largest absolute Gasteiger partial charge is 0.416 e. The number of hydrogen-bond donors (Lipinski definition) is 0. The number of amides is 1. The molecule has 0 N–H and O–H groups in total. The second-order valence-electron chi connectivity index (χ2n) is 8.72. The van der Waals surface area contributed by atoms with E-state index in [-0.39, 0.29) is 28.6 Å². The molecule has 1 aromatic carbocycles. The van der Waals surface area contributed by atoms with Gasteiger partial charge in [-0.15, -0.1) is 10.2 Å². The summed E-state index contributed by atoms with van der Waals surface area (Å²) in [6.07, 6.45) is -1.74. The topological polar surface area (TPSA) is 63.9 Å². The van der Waals surface area contributed by atoms with Gasteiger partial charge in [-0.1, -0.05) is 23.8 Å². The first kappa shape index (κ1) is 21.6. The Hall–Kier alpha value is -3.20. The van der Waals surface area contributed by atoms with E-state index < -0.39 is 23.1 Å². The molecule has 6 nitrogen and oxygen atoms in total. The molecule has 2 aromatic heterocycles. The minimum absolute atomic E-state index is 0.0330. The number of halogens is 4. The molecule has 1 aliphatic carbocycles. The van der Waals surface area contributed by atoms with Crippen molar-refractivity contribution in [3.8, 4) is 0 Å². The summed E-state index contributed by atoms with van der Waals surface area (Å²) >= 11 is 6.35. The third kappa shape index (κ3) is 3.33. The van der Waals surface area contributed by atoms with Gasteiger partial charge >= 0.3 is 6.18 Å². The Morgan fingerprint density at radius 2 is 1.91 bits per heavy atom. The summed E-state index contributed by atoms with van der Waals surface area (Å²) in [7, 11) is 1.84. The van der Waals surface area contributed by atoms with Crippen molar-refractivity contribution in [2.75, 3.05) is 4.90 Å². The van der Waals surface area contributed by atoms with Gasteiger partial charge in [0.15, 0.2) is 0 Å². The van der Waals surface area contributed by atoms with Crippen molar-refractivity contribution in [1.82, 2.24) is 19.7 Å². The molecule has 33 heavy (non-hydrogen) atoms. The minimum Gasteiger partial charge on any atom is -0.320 e. The van der Waals surface area contributed by atoms with Crippen molar-refractivity contribution in [3.05, 3.63) is 81.5 Å². The number of rotatable bonds is 3. The summed E-state index contributed by atoms with van der Waals surface area (Å²) < 4.78 is 42.8. The average Bonchev–Trinajstić information content (AvgIpc) is 3.27. The van der Waals surface area contributed by atoms with Crippen LogP contribution in [0.3, 0.4) is 0 Å². The van der Waals surface area contributed by atoms with Crippen molar-refractivity contribution in [1.29, 1.82) is 0 Å². The second kappa shape index (κ2) is 7.15. The molecule has 1 saturated carbocycles. The highest BCUT2D eigenvalue weighted by Gasteiger charge is 2.47. The van der Waals surface area contributed by atoms with Gasteiger partial charge < -0.3 is 4.57 Å². The Bertz CT molecular complexity index is 1320. The number of allylic oxidation sites excluding steroid dienone is 1. The molecule has 170 valence electrons. The first-order valence-corrected chi connectivity index (χ1v) is 10.6. The zero-order chi connectivity index (χ0) is 23.7. The number of anilines is 1. The minimum atomic E-state index is -4.57. The molecule has 2 aliphatic rings. The predicted octanol–water partition coefficient (Wildman–Crippen LogP) is 4.99. The van der Waals surface area contributed by atoms with Gasteiger partial charge in [0.05, 0.1) is 17.5 Å². The molecule has 1 fully saturated rings. The molecule has 0 spiro atoms. The van der Waals surface area contributed by atoms with E-state index in [1.165, 1.54) is 17.9 Å². The number of fused-ring (bicyclic) bond motifs is 1. The van der Waals surface area contributed by atoms with Crippen molar-refractivity contribution >= 4 is 23.3 Å². The van der Waals surface area contributed by atoms with Crippen LogP contribution in [-0.4, -0.2) is 25.7 Å². The lowest BCUT2D eigenvalue weighted by molar-refractivity contribution is -0.138. The highest BCUT2D eigenvalue weighted by Crippen LogP contribution is 2.51. The molecule has 5 rings (SSSR count). The van der Waals surface area contributed by atoms with E-state index in [4.69, 9.17) is 11.6 Å². The number of aryl methyl sites for hydroxylation is 2. The van der Waals surface area contributed by atoms with Gasteiger partial charge in [0, 0.05) is 12.6 Å². The van der Waals surface area contributed by atoms with E-state index >= 15 is 0 Å². The molecule has 1 amide bonds. The first-order valence-electron chi connectivity index (χ1n) is 10.2. The third-order valence-electron chi connectivity index (χ3n) is 6.34. The van der Waals surface area contributed by atoms with Gasteiger partial charge in [0.2, 0.25) is 0 Å². The molecule has 0 unspecified atom stereocenters. The molecular weight excluding hydrogens is 455 g/mol. The summed E-state index contributed by atoms with van der Waals surface area (Å²) in [5.41, 5.74) is 0.783. The lowest BCUT2D eigenvalue weighted by atomic mass is 9.61. The Labute approximate surface area is 192 Å². The number of hydrogen-bond acceptors (Lipinski definition) is 4. The Morgan fingerprint density at radius 3 is 2.52 bits per heavy atom. The summed E-state index contributed by atoms with van der Waals surface area (Å²) in [5.74, 6) is 0.378. The molecule has 10 heteroatoms. The maximum atomic E-state index is 13.7. The number of aromatic nitrogens is 4. The molecule has 0 radical (unpaired) electrons. The zero-order valence-corrected chi connectivity index (χ0v) is 18.6. The van der Waals surface area contributed by atoms with Crippen LogP contribution in [0.5, 0.6) is 0 Å². The smallest absolute Gasteiger partial charge is 0.320 e. The average molecular weight is 474 g/mol. The van der Waals surface area contributed by atoms with Crippen LogP contribution in [0.4, 0.5) is 19.0 Å². The van der Waals surface area contributed by atoms with Crippen LogP contribution in [0.25, 0.3) is 0 Å². The van der Waals surface area contributed by atoms with Gasteiger partial charge in [0.1, 0.15) is 23.1 Å². The van der Waals surface area contributed by atoms with Crippen LogP contribution < -0.4 is 4.90 Å². The van der Waals surface area contributed by atoms with E-state index in [9.17, 15) is 18.0 Å². The van der Waals surface area contributed by atoms with E-state index in [2.05, 4.69) is 21.8 Å². The molecule has 1 aliphatic heterocycles. The van der Waals surface area contributed by atoms with E-state index in [1.54, 1.807) is 18.5 Å². The summed E-state index contributed by atoms with van der Waals surface area (Å²) in [5, 5.41) is 8.40. The lowest BCUT2D eigenvalue weighted by Gasteiger charge is -2.43. The van der Waals surface area contributed by atoms with Crippen LogP contribution in [0.1, 0.15) is 51.3 Å². The Kier molecular flexibility index (Phi) is 4.69. The predicted molar refractivity (Wildman–Crippen MR) is 116 cm³/mol. The molecule has 0 saturated heterocycles. The van der Waals surface area contributed by atoms with Crippen molar-refractivity contribution < 1.29 is 18.0 Å². The number of carbonyl (C=O) groups excluding carboxylic acids is 1. The quantitative estimate of drug-likeness (QED) is 0.397. The fourth-order valence-corrected chi connectivity index (χ4v) is 5.10. The van der Waals surface area contributed by atoms with Crippen LogP contribution in [0, 0.1) is 6.92 Å². The Balaban J connectivity index is 1.60. The number of pyridine rings is 1. The van der Waals surface area contributed by atoms with Crippen LogP contribution in [-0.2, 0) is 25.2 Å². The van der Waals surface area contributed by atoms with Crippen molar-refractivity contribution in [3.63, 3.8) is 0 Å². The van der Waals surface area contributed by atoms with E-state index in [1.807, 2.05) is 11.6 Å². The van der Waals surface area contributed by atoms with Gasteiger partial charge in [-0.3, -0.25) is 9.69 Å². The summed E-state index contributed by atoms with van der Waals surface area (Å²) in [6, 6.07) is 5.95. The van der Waals surface area contributed by atoms with Gasteiger partial charge in [0.25, 0.3) is 5.91 Å². The lowest BCUT2D eigenvalue weighted by Crippen LogP contribution is -2.40. The third-order valence-corrected chi connectivity index (χ3v) is 6.54. The van der Waals surface area contributed by atoms with Crippen LogP contribution in [0.2, 0.25) is 5.15 Å². The standard InChI is InChI=1S/C23H19ClF3N5O/c1-12-4-15-16(17(5-12)23(25,26)27)10-32(20(15)33)19-7-14(6-18(24)29-19)22(8-13(2)9-22)21-30-28-11-31(21)3/h4-7,11H,2,8-10H2,1,3H3. The first-order chi connectivity index (χ1) is 15.5. The number of alkyl halides is 3. The van der Waals surface area contributed by atoms with Gasteiger partial charge in [-0.25, -0.2) is 4.98 Å². The monoisotopic (exact) mass is 473 g/mol. The number of nitrogens with zero attached hydrogens (tertiary/aromatic N) is 5. The highest BCUT2D eigenvalue weighted by molar-refractivity contribution is 6.29. The normalized spacial score (nSPS) is 17.3. The highest BCUT2D eigenvalue weighted by atomic mass is 35.5. The molecule has 3 heterocycles. The zero-order valence-electron chi connectivity index (χ0n) is 17.9. The van der Waals surface area contributed by atoms with Crippen LogP contribution in [0.15, 0.2) is 42.7 Å². The van der Waals surface area contributed by atoms with E-state index in [0.717, 1.165) is 17.2 Å². The van der Waals surface area contributed by atoms with Crippen molar-refractivity contribution in [2.45, 2.75) is 37.9 Å². The molecule has 0 bridgehead atoms. The molecule has 3 aromatic rings. The van der Waals surface area contributed by atoms with E-state index in [0.29, 0.717) is 24.2 Å². The van der Waals surface area contributed by atoms with Gasteiger partial charge in [-0.05, 0) is 60.7 Å². The van der Waals surface area contributed by atoms with Crippen molar-refractivity contribution in [2.24, 2.45) is 7.05 Å². The number of benzene rings is 1. The van der Waals surface area contributed by atoms with Gasteiger partial charge in [-0.2, -0.15) is 13.2 Å². The maximum Gasteiger partial charge on any atom is 0.416 e. The fraction of sp³-hybridized carbons (Fsp3) is 0.304. The summed E-state index contributed by atoms with van der Waals surface area (Å²) in [6.45, 7) is 5.35. The SMILES string of the molecule is C=C1CC(c2cc(Cl)nc(N3Cc4c(cc(C)cc4C(F)(F)F)C3=O)c2)(c2nncn2C)C1. The fourth-order valence-electron chi connectivity index (χ4n) is 4.90. The summed E-state index contributed by atoms with van der Waals surface area (Å²) in [4.78, 5) is 18.7. The molecule has 0 atom stereocenters.